The second kappa shape index (κ2) is 22.7. The van der Waals surface area contributed by atoms with Crippen molar-refractivity contribution in [3.05, 3.63) is 0 Å². The first kappa shape index (κ1) is 25.9. The molecule has 0 spiro atoms. The fourth-order valence-electron chi connectivity index (χ4n) is 1.15. The summed E-state index contributed by atoms with van der Waals surface area (Å²) >= 11 is 0. The van der Waals surface area contributed by atoms with Crippen LogP contribution in [0.4, 0.5) is 0 Å². The summed E-state index contributed by atoms with van der Waals surface area (Å²) in [5, 5.41) is 16.3. The summed E-state index contributed by atoms with van der Waals surface area (Å²) in [6.07, 6.45) is 0. The van der Waals surface area contributed by atoms with Crippen LogP contribution in [-0.4, -0.2) is 101 Å². The summed E-state index contributed by atoms with van der Waals surface area (Å²) < 4.78 is 24.5. The van der Waals surface area contributed by atoms with E-state index in [1.807, 2.05) is 0 Å². The van der Waals surface area contributed by atoms with E-state index in [-0.39, 0.29) is 19.8 Å². The highest BCUT2D eigenvalue weighted by Crippen LogP contribution is 1.80. The molecule has 0 saturated heterocycles. The molecule has 0 aliphatic carbocycles. The maximum atomic E-state index is 10.0. The molecule has 0 unspecified atom stereocenters. The zero-order valence-electron chi connectivity index (χ0n) is 14.4. The van der Waals surface area contributed by atoms with Crippen LogP contribution in [0, 0.1) is 0 Å². The van der Waals surface area contributed by atoms with Crippen molar-refractivity contribution < 1.29 is 43.5 Å². The Morgan fingerprint density at radius 3 is 1.12 bits per heavy atom. The first-order chi connectivity index (χ1) is 12.0. The van der Waals surface area contributed by atoms with Gasteiger partial charge in [0.05, 0.1) is 52.9 Å². The number of rotatable bonds is 17. The molecule has 0 bridgehead atoms. The maximum absolute atomic E-state index is 10.0. The number of hydrogen-bond acceptors (Lipinski definition) is 9. The molecule has 0 aromatic carbocycles. The second-order valence-electron chi connectivity index (χ2n) is 4.31. The van der Waals surface area contributed by atoms with Crippen molar-refractivity contribution >= 4 is 11.9 Å². The van der Waals surface area contributed by atoms with E-state index in [2.05, 4.69) is 4.74 Å². The average molecular weight is 370 g/mol. The van der Waals surface area contributed by atoms with Gasteiger partial charge in [-0.15, -0.1) is 0 Å². The highest BCUT2D eigenvalue weighted by molar-refractivity contribution is 5.68. The van der Waals surface area contributed by atoms with Gasteiger partial charge in [-0.1, -0.05) is 0 Å². The van der Waals surface area contributed by atoms with Gasteiger partial charge in [-0.3, -0.25) is 0 Å². The van der Waals surface area contributed by atoms with Crippen molar-refractivity contribution in [1.29, 1.82) is 0 Å². The average Bonchev–Trinajstić information content (AvgIpc) is 2.56. The Morgan fingerprint density at radius 1 is 0.560 bits per heavy atom. The van der Waals surface area contributed by atoms with Crippen molar-refractivity contribution in [2.45, 2.75) is 0 Å². The van der Waals surface area contributed by atoms with Gasteiger partial charge in [0, 0.05) is 13.1 Å². The molecular weight excluding hydrogens is 340 g/mol. The van der Waals surface area contributed by atoms with Gasteiger partial charge in [0.15, 0.2) is 0 Å². The summed E-state index contributed by atoms with van der Waals surface area (Å²) in [7, 11) is 0. The largest absolute Gasteiger partial charge is 0.480 e. The van der Waals surface area contributed by atoms with E-state index in [0.29, 0.717) is 59.3 Å². The van der Waals surface area contributed by atoms with Gasteiger partial charge >= 0.3 is 11.9 Å². The summed E-state index contributed by atoms with van der Waals surface area (Å²) in [5.74, 6) is -1.94. The van der Waals surface area contributed by atoms with Crippen LogP contribution in [0.2, 0.25) is 0 Å². The van der Waals surface area contributed by atoms with E-state index in [0.717, 1.165) is 0 Å². The molecule has 0 aromatic rings. The van der Waals surface area contributed by atoms with Gasteiger partial charge < -0.3 is 45.4 Å². The molecule has 6 N–H and O–H groups in total. The summed E-state index contributed by atoms with van der Waals surface area (Å²) in [4.78, 5) is 19.9. The summed E-state index contributed by atoms with van der Waals surface area (Å²) in [5.41, 5.74) is 10.3. The molecule has 0 heterocycles. The molecule has 0 atom stereocenters. The van der Waals surface area contributed by atoms with Crippen molar-refractivity contribution in [3.63, 3.8) is 0 Å². The minimum absolute atomic E-state index is 0.272. The molecule has 0 saturated carbocycles. The van der Waals surface area contributed by atoms with Crippen molar-refractivity contribution in [2.75, 3.05) is 79.2 Å². The number of carboxylic acids is 2. The molecule has 0 radical (unpaired) electrons. The van der Waals surface area contributed by atoms with Crippen LogP contribution in [-0.2, 0) is 33.3 Å². The Labute approximate surface area is 147 Å². The van der Waals surface area contributed by atoms with Crippen molar-refractivity contribution in [1.82, 2.24) is 0 Å². The van der Waals surface area contributed by atoms with Crippen LogP contribution in [0.15, 0.2) is 0 Å². The Kier molecular flexibility index (Phi) is 23.5. The quantitative estimate of drug-likeness (QED) is 0.211. The van der Waals surface area contributed by atoms with Crippen LogP contribution < -0.4 is 11.5 Å². The molecule has 25 heavy (non-hydrogen) atoms. The molecule has 11 nitrogen and oxygen atoms in total. The van der Waals surface area contributed by atoms with Gasteiger partial charge in [0.2, 0.25) is 0 Å². The van der Waals surface area contributed by atoms with E-state index < -0.39 is 11.9 Å². The Bertz CT molecular complexity index is 306. The topological polar surface area (TPSA) is 173 Å². The fraction of sp³-hybridized carbons (Fsp3) is 0.857. The standard InChI is InChI=1S/C8H17NO5.C6H13NO4/c9-1-2-12-3-4-13-5-6-14-7-8(10)11;7-1-2-10-3-4-11-5-6(8)9/h1-7,9H2,(H,10,11);1-5,7H2,(H,8,9). The summed E-state index contributed by atoms with van der Waals surface area (Å²) in [6.45, 7) is 3.74. The van der Waals surface area contributed by atoms with Gasteiger partial charge in [0.1, 0.15) is 13.2 Å². The maximum Gasteiger partial charge on any atom is 0.329 e. The predicted molar refractivity (Wildman–Crippen MR) is 87.5 cm³/mol. The second-order valence-corrected chi connectivity index (χ2v) is 4.31. The third kappa shape index (κ3) is 31.0. The van der Waals surface area contributed by atoms with Crippen molar-refractivity contribution in [3.8, 4) is 0 Å². The Hall–Kier alpha value is -1.34. The fourth-order valence-corrected chi connectivity index (χ4v) is 1.15. The van der Waals surface area contributed by atoms with Crippen LogP contribution in [0.1, 0.15) is 0 Å². The number of carboxylic acid groups (broad SMARTS) is 2. The third-order valence-corrected chi connectivity index (χ3v) is 2.09. The molecule has 0 amide bonds. The lowest BCUT2D eigenvalue weighted by molar-refractivity contribution is -0.143. The van der Waals surface area contributed by atoms with Crippen LogP contribution in [0.25, 0.3) is 0 Å². The molecule has 0 rings (SSSR count). The lowest BCUT2D eigenvalue weighted by atomic mass is 10.7. The van der Waals surface area contributed by atoms with E-state index in [1.54, 1.807) is 0 Å². The van der Waals surface area contributed by atoms with Crippen LogP contribution >= 0.6 is 0 Å². The molecule has 0 aromatic heterocycles. The van der Waals surface area contributed by atoms with E-state index in [1.165, 1.54) is 0 Å². The number of hydrogen-bond donors (Lipinski definition) is 4. The van der Waals surface area contributed by atoms with Crippen LogP contribution in [0.5, 0.6) is 0 Å². The highest BCUT2D eigenvalue weighted by Gasteiger charge is 1.96. The first-order valence-corrected chi connectivity index (χ1v) is 7.77. The van der Waals surface area contributed by atoms with Gasteiger partial charge in [-0.2, -0.15) is 0 Å². The Morgan fingerprint density at radius 2 is 0.840 bits per heavy atom. The Balaban J connectivity index is 0. The molecule has 0 fully saturated rings. The van der Waals surface area contributed by atoms with E-state index in [9.17, 15) is 9.59 Å². The highest BCUT2D eigenvalue weighted by atomic mass is 16.6. The monoisotopic (exact) mass is 370 g/mol. The smallest absolute Gasteiger partial charge is 0.329 e. The predicted octanol–water partition coefficient (Wildman–Crippen LogP) is -1.86. The van der Waals surface area contributed by atoms with Crippen molar-refractivity contribution in [2.24, 2.45) is 11.5 Å². The zero-order chi connectivity index (χ0) is 19.2. The minimum atomic E-state index is -0.976. The molecule has 150 valence electrons. The first-order valence-electron chi connectivity index (χ1n) is 7.77. The van der Waals surface area contributed by atoms with E-state index >= 15 is 0 Å². The number of ether oxygens (including phenoxy) is 5. The minimum Gasteiger partial charge on any atom is -0.480 e. The van der Waals surface area contributed by atoms with Crippen LogP contribution in [0.3, 0.4) is 0 Å². The molecular formula is C14H30N2O9. The SMILES string of the molecule is NCCOCCOCC(=O)O.NCCOCCOCCOCC(=O)O. The van der Waals surface area contributed by atoms with Gasteiger partial charge in [-0.25, -0.2) is 9.59 Å². The molecule has 11 heteroatoms. The van der Waals surface area contributed by atoms with Gasteiger partial charge in [0.25, 0.3) is 0 Å². The lowest BCUT2D eigenvalue weighted by Crippen LogP contribution is -2.15. The molecule has 0 aliphatic rings. The number of nitrogens with two attached hydrogens (primary N) is 2. The lowest BCUT2D eigenvalue weighted by Gasteiger charge is -2.04. The number of carbonyl (C=O) groups is 2. The molecule has 0 aliphatic heterocycles. The summed E-state index contributed by atoms with van der Waals surface area (Å²) in [6, 6.07) is 0. The number of aliphatic carboxylic acids is 2. The van der Waals surface area contributed by atoms with Gasteiger partial charge in [-0.05, 0) is 0 Å². The zero-order valence-corrected chi connectivity index (χ0v) is 14.4. The normalized spacial score (nSPS) is 10.2. The third-order valence-electron chi connectivity index (χ3n) is 2.09. The van der Waals surface area contributed by atoms with E-state index in [4.69, 9.17) is 40.6 Å².